The van der Waals surface area contributed by atoms with Crippen LogP contribution >= 0.6 is 0 Å². The fourth-order valence-electron chi connectivity index (χ4n) is 2.51. The first-order chi connectivity index (χ1) is 12.2. The SMILES string of the molecule is CC(CC1CC(c2ccc(C#CCCO)cc2)=NO1)(C(=O)O)S(C)(=O)=O. The van der Waals surface area contributed by atoms with Crippen molar-refractivity contribution < 1.29 is 28.3 Å². The number of hydrogen-bond donors (Lipinski definition) is 2. The average molecular weight is 379 g/mol. The van der Waals surface area contributed by atoms with Crippen molar-refractivity contribution in [3.63, 3.8) is 0 Å². The van der Waals surface area contributed by atoms with Crippen LogP contribution in [0.1, 0.15) is 37.3 Å². The van der Waals surface area contributed by atoms with Crippen LogP contribution in [0.4, 0.5) is 0 Å². The standard InChI is InChI=1S/C18H21NO6S/c1-18(17(21)22,26(2,23)24)12-15-11-16(19-25-15)14-8-6-13(7-9-14)5-3-4-10-20/h6-9,15,20H,4,10-12H2,1-2H3,(H,21,22). The molecule has 1 aromatic rings. The van der Waals surface area contributed by atoms with E-state index in [2.05, 4.69) is 17.0 Å². The molecule has 2 rings (SSSR count). The molecule has 140 valence electrons. The van der Waals surface area contributed by atoms with E-state index in [4.69, 9.17) is 9.94 Å². The van der Waals surface area contributed by atoms with Crippen molar-refractivity contribution in [1.82, 2.24) is 0 Å². The van der Waals surface area contributed by atoms with Gasteiger partial charge in [0.1, 0.15) is 6.10 Å². The Bertz CT molecular complexity index is 863. The van der Waals surface area contributed by atoms with E-state index in [1.54, 1.807) is 0 Å². The minimum Gasteiger partial charge on any atom is -0.480 e. The summed E-state index contributed by atoms with van der Waals surface area (Å²) in [6.07, 6.45) is 0.846. The molecular formula is C18H21NO6S. The maximum Gasteiger partial charge on any atom is 0.324 e. The Morgan fingerprint density at radius 1 is 1.38 bits per heavy atom. The number of rotatable bonds is 6. The van der Waals surface area contributed by atoms with Gasteiger partial charge in [-0.15, -0.1) is 0 Å². The van der Waals surface area contributed by atoms with E-state index in [0.29, 0.717) is 18.6 Å². The fourth-order valence-corrected chi connectivity index (χ4v) is 3.31. The predicted molar refractivity (Wildman–Crippen MR) is 96.6 cm³/mol. The van der Waals surface area contributed by atoms with Crippen LogP contribution in [0.15, 0.2) is 29.4 Å². The number of benzene rings is 1. The highest BCUT2D eigenvalue weighted by Crippen LogP contribution is 2.29. The number of sulfone groups is 1. The van der Waals surface area contributed by atoms with Crippen LogP contribution < -0.4 is 0 Å². The Morgan fingerprint density at radius 3 is 2.58 bits per heavy atom. The smallest absolute Gasteiger partial charge is 0.324 e. The number of carboxylic acids is 1. The third-order valence-electron chi connectivity index (χ3n) is 4.31. The Hall–Kier alpha value is -2.37. The van der Waals surface area contributed by atoms with E-state index in [1.807, 2.05) is 24.3 Å². The Morgan fingerprint density at radius 2 is 2.04 bits per heavy atom. The van der Waals surface area contributed by atoms with Crippen molar-refractivity contribution in [2.24, 2.45) is 5.16 Å². The molecule has 0 amide bonds. The van der Waals surface area contributed by atoms with Gasteiger partial charge >= 0.3 is 5.97 Å². The van der Waals surface area contributed by atoms with E-state index in [1.165, 1.54) is 6.92 Å². The monoisotopic (exact) mass is 379 g/mol. The summed E-state index contributed by atoms with van der Waals surface area (Å²) < 4.78 is 21.8. The predicted octanol–water partition coefficient (Wildman–Crippen LogP) is 1.19. The van der Waals surface area contributed by atoms with E-state index in [9.17, 15) is 18.3 Å². The minimum atomic E-state index is -3.81. The molecule has 2 unspecified atom stereocenters. The molecule has 0 aliphatic carbocycles. The van der Waals surface area contributed by atoms with E-state index in [0.717, 1.165) is 17.4 Å². The third kappa shape index (κ3) is 4.42. The highest BCUT2D eigenvalue weighted by atomic mass is 32.2. The number of carboxylic acid groups (broad SMARTS) is 1. The molecule has 0 fully saturated rings. The highest BCUT2D eigenvalue weighted by Gasteiger charge is 2.47. The van der Waals surface area contributed by atoms with E-state index < -0.39 is 26.7 Å². The normalized spacial score (nSPS) is 18.9. The molecule has 2 atom stereocenters. The van der Waals surface area contributed by atoms with E-state index in [-0.39, 0.29) is 13.0 Å². The molecule has 1 aromatic carbocycles. The van der Waals surface area contributed by atoms with Crippen molar-refractivity contribution in [3.05, 3.63) is 35.4 Å². The maximum atomic E-state index is 11.9. The summed E-state index contributed by atoms with van der Waals surface area (Å²) in [7, 11) is -3.81. The highest BCUT2D eigenvalue weighted by molar-refractivity contribution is 7.92. The van der Waals surface area contributed by atoms with Gasteiger partial charge in [-0.2, -0.15) is 0 Å². The summed E-state index contributed by atoms with van der Waals surface area (Å²) in [6.45, 7) is 1.20. The molecule has 0 radical (unpaired) electrons. The van der Waals surface area contributed by atoms with Gasteiger partial charge in [-0.3, -0.25) is 4.79 Å². The molecule has 0 saturated carbocycles. The molecule has 2 N–H and O–H groups in total. The van der Waals surface area contributed by atoms with Crippen LogP contribution in [-0.4, -0.2) is 54.0 Å². The average Bonchev–Trinajstić information content (AvgIpc) is 3.03. The van der Waals surface area contributed by atoms with Gasteiger partial charge in [-0.1, -0.05) is 29.1 Å². The zero-order valence-corrected chi connectivity index (χ0v) is 15.4. The minimum absolute atomic E-state index is 0.0172. The number of aliphatic carboxylic acids is 1. The van der Waals surface area contributed by atoms with Crippen LogP contribution in [0.5, 0.6) is 0 Å². The summed E-state index contributed by atoms with van der Waals surface area (Å²) in [4.78, 5) is 16.7. The molecule has 7 nitrogen and oxygen atoms in total. The molecule has 0 spiro atoms. The van der Waals surface area contributed by atoms with Gasteiger partial charge in [-0.25, -0.2) is 8.42 Å². The van der Waals surface area contributed by atoms with Crippen LogP contribution in [-0.2, 0) is 19.5 Å². The van der Waals surface area contributed by atoms with Crippen molar-refractivity contribution in [2.45, 2.75) is 37.0 Å². The Kier molecular flexibility index (Phi) is 6.05. The van der Waals surface area contributed by atoms with Crippen molar-refractivity contribution in [2.75, 3.05) is 12.9 Å². The Balaban J connectivity index is 2.06. The van der Waals surface area contributed by atoms with Crippen molar-refractivity contribution in [1.29, 1.82) is 0 Å². The number of aliphatic hydroxyl groups is 1. The molecule has 8 heteroatoms. The van der Waals surface area contributed by atoms with Gasteiger partial charge in [0.25, 0.3) is 0 Å². The number of hydrogen-bond acceptors (Lipinski definition) is 6. The molecule has 26 heavy (non-hydrogen) atoms. The maximum absolute atomic E-state index is 11.9. The topological polar surface area (TPSA) is 113 Å². The first-order valence-electron chi connectivity index (χ1n) is 8.03. The molecule has 0 bridgehead atoms. The summed E-state index contributed by atoms with van der Waals surface area (Å²) in [5.74, 6) is 4.35. The lowest BCUT2D eigenvalue weighted by Crippen LogP contribution is -2.45. The van der Waals surface area contributed by atoms with Crippen LogP contribution in [0.25, 0.3) is 0 Å². The lowest BCUT2D eigenvalue weighted by molar-refractivity contribution is -0.140. The summed E-state index contributed by atoms with van der Waals surface area (Å²) in [6, 6.07) is 7.27. The molecule has 1 aliphatic rings. The van der Waals surface area contributed by atoms with Gasteiger partial charge in [0, 0.05) is 31.1 Å². The lowest BCUT2D eigenvalue weighted by atomic mass is 9.97. The lowest BCUT2D eigenvalue weighted by Gasteiger charge is -2.24. The van der Waals surface area contributed by atoms with Crippen LogP contribution in [0.2, 0.25) is 0 Å². The first kappa shape index (κ1) is 19.9. The van der Waals surface area contributed by atoms with Crippen molar-refractivity contribution >= 4 is 21.5 Å². The van der Waals surface area contributed by atoms with Gasteiger partial charge in [0.15, 0.2) is 14.6 Å². The number of aliphatic hydroxyl groups excluding tert-OH is 1. The fraction of sp³-hybridized carbons (Fsp3) is 0.444. The zero-order chi connectivity index (χ0) is 19.4. The van der Waals surface area contributed by atoms with Crippen LogP contribution in [0, 0.1) is 11.8 Å². The number of nitrogens with zero attached hydrogens (tertiary/aromatic N) is 1. The third-order valence-corrected chi connectivity index (χ3v) is 6.29. The molecular weight excluding hydrogens is 358 g/mol. The first-order valence-corrected chi connectivity index (χ1v) is 9.92. The van der Waals surface area contributed by atoms with Gasteiger partial charge < -0.3 is 15.1 Å². The molecule has 0 aromatic heterocycles. The number of carbonyl (C=O) groups is 1. The Labute approximate surface area is 152 Å². The van der Waals surface area contributed by atoms with Gasteiger partial charge in [0.2, 0.25) is 0 Å². The second-order valence-electron chi connectivity index (χ2n) is 6.33. The van der Waals surface area contributed by atoms with Gasteiger partial charge in [0.05, 0.1) is 12.3 Å². The van der Waals surface area contributed by atoms with Crippen LogP contribution in [0.3, 0.4) is 0 Å². The summed E-state index contributed by atoms with van der Waals surface area (Å²) in [5.41, 5.74) is 2.23. The van der Waals surface area contributed by atoms with Crippen molar-refractivity contribution in [3.8, 4) is 11.8 Å². The second kappa shape index (κ2) is 7.89. The summed E-state index contributed by atoms with van der Waals surface area (Å²) >= 11 is 0. The largest absolute Gasteiger partial charge is 0.480 e. The second-order valence-corrected chi connectivity index (χ2v) is 8.78. The summed E-state index contributed by atoms with van der Waals surface area (Å²) in [5, 5.41) is 22.0. The molecule has 1 heterocycles. The number of oxime groups is 1. The molecule has 1 aliphatic heterocycles. The van der Waals surface area contributed by atoms with E-state index >= 15 is 0 Å². The molecule has 0 saturated heterocycles. The van der Waals surface area contributed by atoms with Gasteiger partial charge in [-0.05, 0) is 24.6 Å². The zero-order valence-electron chi connectivity index (χ0n) is 14.6. The quantitative estimate of drug-likeness (QED) is 0.718.